The van der Waals surface area contributed by atoms with E-state index >= 15 is 0 Å². The van der Waals surface area contributed by atoms with E-state index in [0.29, 0.717) is 33.9 Å². The molecule has 1 unspecified atom stereocenters. The Balaban J connectivity index is 1.63. The third-order valence-electron chi connectivity index (χ3n) is 5.38. The number of amides is 1. The van der Waals surface area contributed by atoms with E-state index in [-0.39, 0.29) is 0 Å². The van der Waals surface area contributed by atoms with Crippen LogP contribution in [0.25, 0.3) is 11.1 Å². The van der Waals surface area contributed by atoms with Gasteiger partial charge in [0.2, 0.25) is 0 Å². The molecule has 0 bridgehead atoms. The highest BCUT2D eigenvalue weighted by atomic mass is 19.4. The zero-order valence-corrected chi connectivity index (χ0v) is 20.1. The summed E-state index contributed by atoms with van der Waals surface area (Å²) in [6, 6.07) is 16.3. The summed E-state index contributed by atoms with van der Waals surface area (Å²) in [5.41, 5.74) is -0.0524. The summed E-state index contributed by atoms with van der Waals surface area (Å²) in [5, 5.41) is 11.9. The van der Waals surface area contributed by atoms with Crippen molar-refractivity contribution in [3.8, 4) is 22.6 Å². The van der Waals surface area contributed by atoms with Gasteiger partial charge in [-0.15, -0.1) is 0 Å². The second-order valence-corrected chi connectivity index (χ2v) is 8.75. The number of hydrogen-bond acceptors (Lipinski definition) is 4. The van der Waals surface area contributed by atoms with Gasteiger partial charge in [-0.25, -0.2) is 4.79 Å². The van der Waals surface area contributed by atoms with Gasteiger partial charge in [0.15, 0.2) is 11.7 Å². The Morgan fingerprint density at radius 2 is 1.61 bits per heavy atom. The molecule has 1 atom stereocenters. The number of ether oxygens (including phenoxy) is 2. The number of halogens is 3. The van der Waals surface area contributed by atoms with Crippen LogP contribution in [0.4, 0.5) is 18.9 Å². The molecule has 2 N–H and O–H groups in total. The van der Waals surface area contributed by atoms with Crippen molar-refractivity contribution in [2.45, 2.75) is 45.6 Å². The van der Waals surface area contributed by atoms with Gasteiger partial charge < -0.3 is 19.9 Å². The van der Waals surface area contributed by atoms with Gasteiger partial charge in [0.25, 0.3) is 5.91 Å². The molecule has 0 aliphatic carbocycles. The van der Waals surface area contributed by atoms with Crippen LogP contribution in [0.15, 0.2) is 66.7 Å². The van der Waals surface area contributed by atoms with Gasteiger partial charge in [-0.3, -0.25) is 4.79 Å². The summed E-state index contributed by atoms with van der Waals surface area (Å²) in [7, 11) is 0. The molecule has 0 aromatic heterocycles. The Morgan fingerprint density at radius 3 is 2.19 bits per heavy atom. The summed E-state index contributed by atoms with van der Waals surface area (Å²) in [6.45, 7) is 6.19. The highest BCUT2D eigenvalue weighted by molar-refractivity contribution is 5.94. The summed E-state index contributed by atoms with van der Waals surface area (Å²) < 4.78 is 50.2. The molecular weight excluding hydrogens is 475 g/mol. The molecule has 9 heteroatoms. The molecule has 3 aromatic rings. The van der Waals surface area contributed by atoms with E-state index in [1.807, 2.05) is 0 Å². The number of carboxylic acid groups (broad SMARTS) is 1. The largest absolute Gasteiger partial charge is 0.481 e. The summed E-state index contributed by atoms with van der Waals surface area (Å²) in [6.07, 6.45) is -5.30. The smallest absolute Gasteiger partial charge is 0.416 e. The first-order valence-corrected chi connectivity index (χ1v) is 11.0. The second kappa shape index (κ2) is 10.3. The number of alkyl halides is 3. The average molecular weight is 502 g/mol. The van der Waals surface area contributed by atoms with Crippen molar-refractivity contribution in [1.29, 1.82) is 0 Å². The number of hydrogen-bond donors (Lipinski definition) is 2. The molecule has 36 heavy (non-hydrogen) atoms. The van der Waals surface area contributed by atoms with Crippen molar-refractivity contribution >= 4 is 17.6 Å². The van der Waals surface area contributed by atoms with E-state index in [1.165, 1.54) is 19.9 Å². The maximum Gasteiger partial charge on any atom is 0.416 e. The molecule has 3 rings (SSSR count). The number of rotatable bonds is 8. The summed E-state index contributed by atoms with van der Waals surface area (Å²) in [4.78, 5) is 23.9. The minimum Gasteiger partial charge on any atom is -0.481 e. The SMILES string of the molecule is Cc1cc(OC(C)C(=O)Nc2ccc(-c3cccc(C(F)(F)F)c3)cc2)ccc1OC(C)(C)C(=O)O. The third kappa shape index (κ3) is 6.56. The lowest BCUT2D eigenvalue weighted by Gasteiger charge is -2.23. The van der Waals surface area contributed by atoms with Crippen molar-refractivity contribution in [2.75, 3.05) is 5.32 Å². The average Bonchev–Trinajstić information content (AvgIpc) is 2.80. The molecule has 0 aliphatic heterocycles. The molecule has 1 amide bonds. The van der Waals surface area contributed by atoms with Crippen molar-refractivity contribution in [1.82, 2.24) is 0 Å². The van der Waals surface area contributed by atoms with Crippen molar-refractivity contribution < 1.29 is 37.3 Å². The Kier molecular flexibility index (Phi) is 7.62. The van der Waals surface area contributed by atoms with E-state index < -0.39 is 35.3 Å². The molecule has 0 fully saturated rings. The standard InChI is InChI=1S/C27H26F3NO5/c1-16-14-22(12-13-23(16)36-26(3,4)25(33)34)35-17(2)24(32)31-21-10-8-18(9-11-21)19-6-5-7-20(15-19)27(28,29)30/h5-15,17H,1-4H3,(H,31,32)(H,33,34). The van der Waals surface area contributed by atoms with Crippen LogP contribution in [-0.2, 0) is 15.8 Å². The quantitative estimate of drug-likeness (QED) is 0.377. The highest BCUT2D eigenvalue weighted by Gasteiger charge is 2.31. The Hall–Kier alpha value is -4.01. The first-order chi connectivity index (χ1) is 16.8. The third-order valence-corrected chi connectivity index (χ3v) is 5.38. The van der Waals surface area contributed by atoms with Crippen LogP contribution < -0.4 is 14.8 Å². The number of carbonyl (C=O) groups excluding carboxylic acids is 1. The molecule has 6 nitrogen and oxygen atoms in total. The number of aryl methyl sites for hydroxylation is 1. The maximum absolute atomic E-state index is 13.0. The second-order valence-electron chi connectivity index (χ2n) is 8.75. The molecule has 3 aromatic carbocycles. The number of anilines is 1. The van der Waals surface area contributed by atoms with Gasteiger partial charge in [0, 0.05) is 5.69 Å². The van der Waals surface area contributed by atoms with Gasteiger partial charge in [0.05, 0.1) is 5.56 Å². The zero-order chi connectivity index (χ0) is 26.7. The minimum absolute atomic E-state index is 0.382. The molecule has 0 radical (unpaired) electrons. The predicted octanol–water partition coefficient (Wildman–Crippen LogP) is 6.33. The fourth-order valence-corrected chi connectivity index (χ4v) is 3.25. The van der Waals surface area contributed by atoms with Crippen LogP contribution >= 0.6 is 0 Å². The Morgan fingerprint density at radius 1 is 0.944 bits per heavy atom. The van der Waals surface area contributed by atoms with Gasteiger partial charge in [-0.2, -0.15) is 13.2 Å². The van der Waals surface area contributed by atoms with Gasteiger partial charge in [-0.1, -0.05) is 24.3 Å². The molecule has 190 valence electrons. The Bertz CT molecular complexity index is 1250. The molecule has 0 spiro atoms. The van der Waals surface area contributed by atoms with Crippen LogP contribution in [0.2, 0.25) is 0 Å². The van der Waals surface area contributed by atoms with E-state index in [0.717, 1.165) is 12.1 Å². The number of carboxylic acids is 1. The van der Waals surface area contributed by atoms with Gasteiger partial charge in [-0.05, 0) is 86.8 Å². The monoisotopic (exact) mass is 501 g/mol. The fourth-order valence-electron chi connectivity index (χ4n) is 3.25. The maximum atomic E-state index is 13.0. The van der Waals surface area contributed by atoms with E-state index in [4.69, 9.17) is 9.47 Å². The van der Waals surface area contributed by atoms with E-state index in [2.05, 4.69) is 5.32 Å². The van der Waals surface area contributed by atoms with Crippen LogP contribution in [0.5, 0.6) is 11.5 Å². The van der Waals surface area contributed by atoms with Gasteiger partial charge in [0.1, 0.15) is 11.5 Å². The first-order valence-electron chi connectivity index (χ1n) is 11.0. The van der Waals surface area contributed by atoms with E-state index in [1.54, 1.807) is 62.4 Å². The number of nitrogens with one attached hydrogen (secondary N) is 1. The van der Waals surface area contributed by atoms with Crippen LogP contribution in [0.1, 0.15) is 31.9 Å². The summed E-state index contributed by atoms with van der Waals surface area (Å²) >= 11 is 0. The molecule has 0 heterocycles. The summed E-state index contributed by atoms with van der Waals surface area (Å²) in [5.74, 6) is -0.745. The Labute approximate surface area is 206 Å². The van der Waals surface area contributed by atoms with Crippen LogP contribution in [0.3, 0.4) is 0 Å². The molecule has 0 saturated heterocycles. The normalized spacial score (nSPS) is 12.5. The number of benzene rings is 3. The fraction of sp³-hybridized carbons (Fsp3) is 0.259. The van der Waals surface area contributed by atoms with E-state index in [9.17, 15) is 27.9 Å². The van der Waals surface area contributed by atoms with Gasteiger partial charge >= 0.3 is 12.1 Å². The highest BCUT2D eigenvalue weighted by Crippen LogP contribution is 2.32. The minimum atomic E-state index is -4.43. The topological polar surface area (TPSA) is 84.9 Å². The predicted molar refractivity (Wildman–Crippen MR) is 129 cm³/mol. The molecule has 0 aliphatic rings. The lowest BCUT2D eigenvalue weighted by molar-refractivity contribution is -0.152. The van der Waals surface area contributed by atoms with Crippen LogP contribution in [-0.4, -0.2) is 28.7 Å². The lowest BCUT2D eigenvalue weighted by Crippen LogP contribution is -2.38. The van der Waals surface area contributed by atoms with Crippen molar-refractivity contribution in [3.63, 3.8) is 0 Å². The molecule has 0 saturated carbocycles. The molecular formula is C27H26F3NO5. The first kappa shape index (κ1) is 26.6. The van der Waals surface area contributed by atoms with Crippen LogP contribution in [0, 0.1) is 6.92 Å². The van der Waals surface area contributed by atoms with Crippen molar-refractivity contribution in [2.24, 2.45) is 0 Å². The van der Waals surface area contributed by atoms with Crippen molar-refractivity contribution in [3.05, 3.63) is 77.9 Å². The lowest BCUT2D eigenvalue weighted by atomic mass is 10.0. The zero-order valence-electron chi connectivity index (χ0n) is 20.1. The number of carbonyl (C=O) groups is 2. The number of aliphatic carboxylic acids is 1.